The number of esters is 1. The largest absolute Gasteiger partial charge is 0.503 e. The van der Waals surface area contributed by atoms with E-state index in [1.165, 1.54) is 4.90 Å². The molecule has 7 heteroatoms. The number of benzene rings is 1. The number of aliphatic hydroxyl groups is 1. The minimum Gasteiger partial charge on any atom is -0.503 e. The van der Waals surface area contributed by atoms with Crippen molar-refractivity contribution in [1.29, 1.82) is 0 Å². The zero-order valence-electron chi connectivity index (χ0n) is 18.6. The summed E-state index contributed by atoms with van der Waals surface area (Å²) in [4.78, 5) is 43.5. The molecule has 0 bridgehead atoms. The summed E-state index contributed by atoms with van der Waals surface area (Å²) in [7, 11) is 0. The van der Waals surface area contributed by atoms with Crippen LogP contribution in [0, 0.1) is 5.92 Å². The number of amides is 1. The van der Waals surface area contributed by atoms with Gasteiger partial charge in [-0.15, -0.1) is 0 Å². The molecule has 2 aromatic rings. The van der Waals surface area contributed by atoms with Crippen molar-refractivity contribution in [2.24, 2.45) is 5.92 Å². The maximum absolute atomic E-state index is 13.0. The number of Topliss-reactive ketones (excluding diaryl/α,β-unsaturated/α-hetero) is 1. The number of pyridine rings is 1. The van der Waals surface area contributed by atoms with Gasteiger partial charge in [-0.05, 0) is 41.7 Å². The third kappa shape index (κ3) is 5.04. The topological polar surface area (TPSA) is 96.8 Å². The Morgan fingerprint density at radius 2 is 1.91 bits per heavy atom. The minimum atomic E-state index is -0.725. The van der Waals surface area contributed by atoms with Gasteiger partial charge in [-0.25, -0.2) is 4.79 Å². The van der Waals surface area contributed by atoms with Crippen molar-refractivity contribution in [1.82, 2.24) is 9.88 Å². The third-order valence-electron chi connectivity index (χ3n) is 5.18. The van der Waals surface area contributed by atoms with Crippen LogP contribution in [0.1, 0.15) is 61.1 Å². The summed E-state index contributed by atoms with van der Waals surface area (Å²) in [6, 6.07) is 9.55. The standard InChI is InChI=1S/C25H28N2O5/c1-4-12-32-25(31)18-9-7-17(8-10-18)15-27-22(19-6-5-11-26-14-19)21(23(29)24(27)30)20(28)13-16(2)3/h5-11,14,16,22,29H,4,12-13,15H2,1-3H3. The average Bonchev–Trinajstić information content (AvgIpc) is 3.03. The van der Waals surface area contributed by atoms with Gasteiger partial charge in [-0.1, -0.05) is 39.0 Å². The predicted octanol–water partition coefficient (Wildman–Crippen LogP) is 4.16. The molecule has 1 atom stereocenters. The molecule has 1 aliphatic heterocycles. The van der Waals surface area contributed by atoms with E-state index < -0.39 is 23.7 Å². The van der Waals surface area contributed by atoms with Gasteiger partial charge >= 0.3 is 5.97 Å². The van der Waals surface area contributed by atoms with Gasteiger partial charge in [0.2, 0.25) is 0 Å². The molecule has 7 nitrogen and oxygen atoms in total. The van der Waals surface area contributed by atoms with E-state index >= 15 is 0 Å². The molecular formula is C25H28N2O5. The number of ether oxygens (including phenoxy) is 1. The Kier molecular flexibility index (Phi) is 7.41. The lowest BCUT2D eigenvalue weighted by Gasteiger charge is -2.27. The van der Waals surface area contributed by atoms with Crippen LogP contribution >= 0.6 is 0 Å². The van der Waals surface area contributed by atoms with Gasteiger partial charge in [0.1, 0.15) is 0 Å². The van der Waals surface area contributed by atoms with Crippen molar-refractivity contribution in [3.63, 3.8) is 0 Å². The fourth-order valence-electron chi connectivity index (χ4n) is 3.69. The van der Waals surface area contributed by atoms with Crippen molar-refractivity contribution in [3.8, 4) is 0 Å². The Bertz CT molecular complexity index is 1010. The molecule has 1 amide bonds. The quantitative estimate of drug-likeness (QED) is 0.593. The first kappa shape index (κ1) is 23.2. The van der Waals surface area contributed by atoms with Crippen LogP contribution in [0.15, 0.2) is 60.1 Å². The Balaban J connectivity index is 1.89. The maximum atomic E-state index is 13.0. The Labute approximate surface area is 187 Å². The van der Waals surface area contributed by atoms with Crippen LogP contribution in [0.25, 0.3) is 0 Å². The zero-order valence-corrected chi connectivity index (χ0v) is 18.6. The van der Waals surface area contributed by atoms with E-state index in [2.05, 4.69) is 4.98 Å². The van der Waals surface area contributed by atoms with Gasteiger partial charge in [0.15, 0.2) is 11.5 Å². The van der Waals surface area contributed by atoms with E-state index in [1.54, 1.807) is 48.8 Å². The summed E-state index contributed by atoms with van der Waals surface area (Å²) < 4.78 is 5.14. The summed E-state index contributed by atoms with van der Waals surface area (Å²) >= 11 is 0. The second-order valence-electron chi connectivity index (χ2n) is 8.24. The van der Waals surface area contributed by atoms with Crippen LogP contribution in [-0.2, 0) is 20.9 Å². The molecule has 0 saturated carbocycles. The zero-order chi connectivity index (χ0) is 23.3. The van der Waals surface area contributed by atoms with Crippen molar-refractivity contribution in [2.75, 3.05) is 6.61 Å². The molecule has 0 aliphatic carbocycles. The fourth-order valence-corrected chi connectivity index (χ4v) is 3.69. The average molecular weight is 437 g/mol. The first-order chi connectivity index (χ1) is 15.3. The molecule has 1 unspecified atom stereocenters. The van der Waals surface area contributed by atoms with Gasteiger partial charge in [0.25, 0.3) is 5.91 Å². The molecule has 168 valence electrons. The summed E-state index contributed by atoms with van der Waals surface area (Å²) in [5, 5.41) is 10.6. The van der Waals surface area contributed by atoms with Gasteiger partial charge in [0.05, 0.1) is 23.8 Å². The first-order valence-electron chi connectivity index (χ1n) is 10.8. The van der Waals surface area contributed by atoms with Gasteiger partial charge in [-0.2, -0.15) is 0 Å². The van der Waals surface area contributed by atoms with Crippen LogP contribution in [0.5, 0.6) is 0 Å². The van der Waals surface area contributed by atoms with Crippen molar-refractivity contribution in [2.45, 2.75) is 46.2 Å². The minimum absolute atomic E-state index is 0.0847. The van der Waals surface area contributed by atoms with Crippen molar-refractivity contribution in [3.05, 3.63) is 76.8 Å². The number of nitrogens with zero attached hydrogens (tertiary/aromatic N) is 2. The van der Waals surface area contributed by atoms with Crippen molar-refractivity contribution >= 4 is 17.7 Å². The van der Waals surface area contributed by atoms with E-state index in [0.29, 0.717) is 17.7 Å². The summed E-state index contributed by atoms with van der Waals surface area (Å²) in [6.07, 6.45) is 4.18. The second kappa shape index (κ2) is 10.2. The van der Waals surface area contributed by atoms with E-state index in [1.807, 2.05) is 20.8 Å². The molecular weight excluding hydrogens is 408 g/mol. The molecule has 1 aromatic carbocycles. The van der Waals surface area contributed by atoms with Crippen molar-refractivity contribution < 1.29 is 24.2 Å². The molecule has 0 radical (unpaired) electrons. The summed E-state index contributed by atoms with van der Waals surface area (Å²) in [6.45, 7) is 6.26. The number of aromatic nitrogens is 1. The van der Waals surface area contributed by atoms with E-state index in [0.717, 1.165) is 12.0 Å². The van der Waals surface area contributed by atoms with Crippen LogP contribution in [0.4, 0.5) is 0 Å². The Hall–Kier alpha value is -3.48. The number of rotatable bonds is 9. The number of ketones is 1. The molecule has 0 fully saturated rings. The molecule has 0 spiro atoms. The SMILES string of the molecule is CCCOC(=O)c1ccc(CN2C(=O)C(O)=C(C(=O)CC(C)C)C2c2cccnc2)cc1. The van der Waals surface area contributed by atoms with Gasteiger partial charge < -0.3 is 14.7 Å². The smallest absolute Gasteiger partial charge is 0.338 e. The van der Waals surface area contributed by atoms with Crippen LogP contribution in [0.2, 0.25) is 0 Å². The monoisotopic (exact) mass is 436 g/mol. The van der Waals surface area contributed by atoms with Crippen LogP contribution in [0.3, 0.4) is 0 Å². The highest BCUT2D eigenvalue weighted by Gasteiger charge is 2.43. The second-order valence-corrected chi connectivity index (χ2v) is 8.24. The first-order valence-corrected chi connectivity index (χ1v) is 10.8. The lowest BCUT2D eigenvalue weighted by Crippen LogP contribution is -2.30. The molecule has 2 heterocycles. The third-order valence-corrected chi connectivity index (χ3v) is 5.18. The Morgan fingerprint density at radius 3 is 2.50 bits per heavy atom. The highest BCUT2D eigenvalue weighted by molar-refractivity contribution is 6.09. The lowest BCUT2D eigenvalue weighted by atomic mass is 9.93. The normalized spacial score (nSPS) is 16.1. The van der Waals surface area contributed by atoms with Gasteiger partial charge in [0, 0.05) is 25.4 Å². The highest BCUT2D eigenvalue weighted by atomic mass is 16.5. The molecule has 1 aliphatic rings. The summed E-state index contributed by atoms with van der Waals surface area (Å²) in [5.41, 5.74) is 1.94. The van der Waals surface area contributed by atoms with E-state index in [4.69, 9.17) is 4.74 Å². The molecule has 32 heavy (non-hydrogen) atoms. The van der Waals surface area contributed by atoms with Crippen LogP contribution < -0.4 is 0 Å². The number of carbonyl (C=O) groups excluding carboxylic acids is 3. The molecule has 0 saturated heterocycles. The molecule has 1 N–H and O–H groups in total. The predicted molar refractivity (Wildman–Crippen MR) is 119 cm³/mol. The lowest BCUT2D eigenvalue weighted by molar-refractivity contribution is -0.130. The number of aliphatic hydroxyl groups excluding tert-OH is 1. The van der Waals surface area contributed by atoms with Gasteiger partial charge in [-0.3, -0.25) is 14.6 Å². The number of carbonyl (C=O) groups is 3. The van der Waals surface area contributed by atoms with Crippen LogP contribution in [-0.4, -0.2) is 39.3 Å². The van der Waals surface area contributed by atoms with E-state index in [9.17, 15) is 19.5 Å². The van der Waals surface area contributed by atoms with E-state index in [-0.39, 0.29) is 30.2 Å². The molecule has 3 rings (SSSR count). The molecule has 1 aromatic heterocycles. The fraction of sp³-hybridized carbons (Fsp3) is 0.360. The highest BCUT2D eigenvalue weighted by Crippen LogP contribution is 2.39. The summed E-state index contributed by atoms with van der Waals surface area (Å²) in [5.74, 6) is -1.68. The number of hydrogen-bond donors (Lipinski definition) is 1. The Morgan fingerprint density at radius 1 is 1.19 bits per heavy atom. The maximum Gasteiger partial charge on any atom is 0.338 e. The number of hydrogen-bond acceptors (Lipinski definition) is 6.